The van der Waals surface area contributed by atoms with Gasteiger partial charge >= 0.3 is 0 Å². The summed E-state index contributed by atoms with van der Waals surface area (Å²) in [5, 5.41) is 22.9. The topological polar surface area (TPSA) is 137 Å². The van der Waals surface area contributed by atoms with E-state index in [4.69, 9.17) is 11.6 Å². The van der Waals surface area contributed by atoms with Gasteiger partial charge in [-0.1, -0.05) is 11.6 Å². The van der Waals surface area contributed by atoms with Crippen molar-refractivity contribution in [2.24, 2.45) is 0 Å². The summed E-state index contributed by atoms with van der Waals surface area (Å²) in [4.78, 5) is 26.5. The molecule has 0 radical (unpaired) electrons. The summed E-state index contributed by atoms with van der Waals surface area (Å²) in [7, 11) is 0.555. The van der Waals surface area contributed by atoms with E-state index in [2.05, 4.69) is 5.32 Å². The molecule has 1 N–H and O–H groups in total. The molecule has 1 heterocycles. The fourth-order valence-corrected chi connectivity index (χ4v) is 4.83. The van der Waals surface area contributed by atoms with Crippen LogP contribution in [0.15, 0.2) is 30.0 Å². The molecule has 1 unspecified atom stereocenters. The molecule has 0 spiro atoms. The maximum absolute atomic E-state index is 12.6. The summed E-state index contributed by atoms with van der Waals surface area (Å²) in [5.41, 5.74) is -0.526. The molecule has 1 fully saturated rings. The van der Waals surface area contributed by atoms with Crippen molar-refractivity contribution in [3.8, 4) is 6.07 Å². The molecule has 1 aromatic rings. The van der Waals surface area contributed by atoms with E-state index in [9.17, 15) is 28.6 Å². The highest BCUT2D eigenvalue weighted by Crippen LogP contribution is 2.27. The highest BCUT2D eigenvalue weighted by molar-refractivity contribution is 7.91. The van der Waals surface area contributed by atoms with Crippen molar-refractivity contribution in [2.75, 3.05) is 44.0 Å². The molecule has 1 aliphatic heterocycles. The third-order valence-corrected chi connectivity index (χ3v) is 6.63. The monoisotopic (exact) mass is 455 g/mol. The Morgan fingerprint density at radius 2 is 2.13 bits per heavy atom. The van der Waals surface area contributed by atoms with E-state index in [1.165, 1.54) is 18.3 Å². The largest absolute Gasteiger partial charge is 0.371 e. The third kappa shape index (κ3) is 6.41. The average molecular weight is 456 g/mol. The second-order valence-electron chi connectivity index (χ2n) is 7.13. The predicted molar refractivity (Wildman–Crippen MR) is 113 cm³/mol. The zero-order chi connectivity index (χ0) is 22.5. The van der Waals surface area contributed by atoms with Crippen LogP contribution >= 0.6 is 11.6 Å². The van der Waals surface area contributed by atoms with Crippen LogP contribution in [0.1, 0.15) is 6.42 Å². The minimum Gasteiger partial charge on any atom is -0.371 e. The van der Waals surface area contributed by atoms with Crippen LogP contribution in [-0.2, 0) is 14.6 Å². The molecule has 0 aliphatic carbocycles. The number of carbonyl (C=O) groups is 1. The van der Waals surface area contributed by atoms with Crippen LogP contribution in [0.5, 0.6) is 0 Å². The Morgan fingerprint density at radius 3 is 2.67 bits per heavy atom. The number of amides is 1. The molecule has 0 aromatic heterocycles. The van der Waals surface area contributed by atoms with Crippen LogP contribution < -0.4 is 5.32 Å². The Kier molecular flexibility index (Phi) is 7.77. The molecule has 0 bridgehead atoms. The zero-order valence-corrected chi connectivity index (χ0v) is 18.1. The van der Waals surface area contributed by atoms with E-state index in [1.807, 2.05) is 25.1 Å². The molecule has 12 heteroatoms. The fourth-order valence-electron chi connectivity index (χ4n) is 2.92. The Morgan fingerprint density at radius 1 is 1.43 bits per heavy atom. The highest BCUT2D eigenvalue weighted by Gasteiger charge is 2.31. The molecular formula is C18H22ClN5O5S. The maximum atomic E-state index is 12.6. The summed E-state index contributed by atoms with van der Waals surface area (Å²) in [6.45, 7) is 1.01. The maximum Gasteiger partial charge on any atom is 0.271 e. The standard InChI is InChI=1S/C18H22ClN5O5S/c1-22(2)6-7-23(15-5-8-30(28,29)12-15)11-13(10-20)18(25)21-17-9-14(24(26)27)3-4-16(17)19/h3-4,9,11,15H,5-8,12H2,1-2H3,(H,21,25)/b13-11-. The number of nitro groups is 1. The molecule has 1 aromatic carbocycles. The Bertz CT molecular complexity index is 1000. The van der Waals surface area contributed by atoms with Gasteiger partial charge in [0.1, 0.15) is 11.6 Å². The lowest BCUT2D eigenvalue weighted by atomic mass is 10.2. The van der Waals surface area contributed by atoms with Gasteiger partial charge in [0.25, 0.3) is 11.6 Å². The van der Waals surface area contributed by atoms with Crippen LogP contribution in [0.2, 0.25) is 5.02 Å². The molecule has 1 atom stereocenters. The minimum absolute atomic E-state index is 0.000280. The number of rotatable bonds is 8. The Balaban J connectivity index is 2.27. The van der Waals surface area contributed by atoms with Crippen LogP contribution in [0.4, 0.5) is 11.4 Å². The van der Waals surface area contributed by atoms with E-state index in [0.29, 0.717) is 19.5 Å². The number of hydrogen-bond donors (Lipinski definition) is 1. The van der Waals surface area contributed by atoms with Gasteiger partial charge in [0, 0.05) is 37.5 Å². The van der Waals surface area contributed by atoms with Gasteiger partial charge in [-0.05, 0) is 26.6 Å². The highest BCUT2D eigenvalue weighted by atomic mass is 35.5. The molecule has 30 heavy (non-hydrogen) atoms. The Labute approximate surface area is 179 Å². The molecule has 1 aliphatic rings. The number of sulfone groups is 1. The third-order valence-electron chi connectivity index (χ3n) is 4.55. The second-order valence-corrected chi connectivity index (χ2v) is 9.76. The number of nitro benzene ring substituents is 1. The summed E-state index contributed by atoms with van der Waals surface area (Å²) < 4.78 is 23.7. The number of hydrogen-bond acceptors (Lipinski definition) is 8. The van der Waals surface area contributed by atoms with Crippen LogP contribution in [0, 0.1) is 21.4 Å². The zero-order valence-electron chi connectivity index (χ0n) is 16.5. The number of carbonyl (C=O) groups excluding carboxylic acids is 1. The predicted octanol–water partition coefficient (Wildman–Crippen LogP) is 1.64. The van der Waals surface area contributed by atoms with Gasteiger partial charge in [0.05, 0.1) is 27.1 Å². The Hall–Kier alpha value is -2.68. The van der Waals surface area contributed by atoms with Gasteiger partial charge in [-0.25, -0.2) is 8.42 Å². The number of anilines is 1. The number of non-ortho nitro benzene ring substituents is 1. The van der Waals surface area contributed by atoms with Gasteiger partial charge in [-0.15, -0.1) is 0 Å². The van der Waals surface area contributed by atoms with Crippen LogP contribution in [0.25, 0.3) is 0 Å². The van der Waals surface area contributed by atoms with Crippen molar-refractivity contribution < 1.29 is 18.1 Å². The molecule has 0 saturated carbocycles. The SMILES string of the molecule is CN(C)CCN(/C=C(/C#N)C(=O)Nc1cc([N+](=O)[O-])ccc1Cl)C1CCS(=O)(=O)C1. The lowest BCUT2D eigenvalue weighted by molar-refractivity contribution is -0.384. The molecule has 1 saturated heterocycles. The first-order valence-corrected chi connectivity index (χ1v) is 11.2. The first-order chi connectivity index (χ1) is 14.0. The molecule has 2 rings (SSSR count). The number of nitrogens with one attached hydrogen (secondary N) is 1. The lowest BCUT2D eigenvalue weighted by Crippen LogP contribution is -2.37. The summed E-state index contributed by atoms with van der Waals surface area (Å²) in [5.74, 6) is -0.787. The number of nitriles is 1. The van der Waals surface area contributed by atoms with Crippen molar-refractivity contribution in [2.45, 2.75) is 12.5 Å². The van der Waals surface area contributed by atoms with E-state index in [0.717, 1.165) is 6.07 Å². The van der Waals surface area contributed by atoms with Crippen molar-refractivity contribution in [1.82, 2.24) is 9.80 Å². The number of likely N-dealkylation sites (N-methyl/N-ethyl adjacent to an activating group) is 1. The number of benzene rings is 1. The minimum atomic E-state index is -3.16. The fraction of sp³-hybridized carbons (Fsp3) is 0.444. The molecule has 10 nitrogen and oxygen atoms in total. The number of halogens is 1. The van der Waals surface area contributed by atoms with E-state index in [1.54, 1.807) is 4.90 Å². The normalized spacial score (nSPS) is 18.1. The van der Waals surface area contributed by atoms with Gasteiger partial charge in [-0.3, -0.25) is 14.9 Å². The van der Waals surface area contributed by atoms with Crippen LogP contribution in [-0.4, -0.2) is 73.8 Å². The first-order valence-electron chi connectivity index (χ1n) is 9.00. The van der Waals surface area contributed by atoms with Crippen molar-refractivity contribution in [3.63, 3.8) is 0 Å². The van der Waals surface area contributed by atoms with Crippen LogP contribution in [0.3, 0.4) is 0 Å². The summed E-state index contributed by atoms with van der Waals surface area (Å²) in [6.07, 6.45) is 1.75. The van der Waals surface area contributed by atoms with Gasteiger partial charge in [0.15, 0.2) is 9.84 Å². The van der Waals surface area contributed by atoms with Crippen molar-refractivity contribution in [3.05, 3.63) is 45.1 Å². The average Bonchev–Trinajstić information content (AvgIpc) is 3.02. The quantitative estimate of drug-likeness (QED) is 0.270. The van der Waals surface area contributed by atoms with E-state index < -0.39 is 20.7 Å². The molecule has 1 amide bonds. The molecular weight excluding hydrogens is 434 g/mol. The smallest absolute Gasteiger partial charge is 0.271 e. The van der Waals surface area contributed by atoms with E-state index in [-0.39, 0.29) is 39.5 Å². The van der Waals surface area contributed by atoms with Gasteiger partial charge in [0.2, 0.25) is 0 Å². The van der Waals surface area contributed by atoms with E-state index >= 15 is 0 Å². The summed E-state index contributed by atoms with van der Waals surface area (Å²) in [6, 6.07) is 5.04. The van der Waals surface area contributed by atoms with Crippen molar-refractivity contribution in [1.29, 1.82) is 5.26 Å². The van der Waals surface area contributed by atoms with Gasteiger partial charge < -0.3 is 15.1 Å². The van der Waals surface area contributed by atoms with Crippen molar-refractivity contribution >= 4 is 38.7 Å². The summed E-state index contributed by atoms with van der Waals surface area (Å²) >= 11 is 6.00. The molecule has 162 valence electrons. The number of nitrogens with zero attached hydrogens (tertiary/aromatic N) is 4. The van der Waals surface area contributed by atoms with Gasteiger partial charge in [-0.2, -0.15) is 5.26 Å². The second kappa shape index (κ2) is 9.88. The lowest BCUT2D eigenvalue weighted by Gasteiger charge is -2.28. The first kappa shape index (κ1) is 23.6.